The van der Waals surface area contributed by atoms with Crippen molar-refractivity contribution in [3.63, 3.8) is 0 Å². The molecule has 2 aromatic rings. The van der Waals surface area contributed by atoms with E-state index in [1.54, 1.807) is 11.9 Å². The Balaban J connectivity index is 0.00000312. The minimum Gasteiger partial charge on any atom is -0.332 e. The average molecular weight is 378 g/mol. The Labute approximate surface area is 161 Å². The molecule has 2 N–H and O–H groups in total. The van der Waals surface area contributed by atoms with Crippen molar-refractivity contribution in [1.29, 1.82) is 0 Å². The number of halogens is 1. The number of anilines is 3. The van der Waals surface area contributed by atoms with Crippen LogP contribution in [0.5, 0.6) is 0 Å². The van der Waals surface area contributed by atoms with Crippen LogP contribution in [-0.2, 0) is 4.79 Å². The monoisotopic (exact) mass is 377 g/mol. The molecule has 0 aliphatic carbocycles. The van der Waals surface area contributed by atoms with Gasteiger partial charge in [0.2, 0.25) is 5.91 Å². The third-order valence-electron chi connectivity index (χ3n) is 3.82. The van der Waals surface area contributed by atoms with Crippen LogP contribution in [0.2, 0.25) is 0 Å². The summed E-state index contributed by atoms with van der Waals surface area (Å²) in [6.45, 7) is 5.87. The average Bonchev–Trinajstić information content (AvgIpc) is 2.55. The van der Waals surface area contributed by atoms with E-state index in [1.165, 1.54) is 12.5 Å². The van der Waals surface area contributed by atoms with Crippen LogP contribution in [0.4, 0.5) is 17.1 Å². The van der Waals surface area contributed by atoms with E-state index in [2.05, 4.69) is 36.6 Å². The van der Waals surface area contributed by atoms with Crippen LogP contribution in [0.3, 0.4) is 0 Å². The number of hydrogen-bond donors (Lipinski definition) is 2. The molecule has 0 saturated carbocycles. The molecule has 6 heteroatoms. The van der Waals surface area contributed by atoms with Crippen molar-refractivity contribution in [1.82, 2.24) is 0 Å². The van der Waals surface area contributed by atoms with Crippen molar-refractivity contribution in [2.75, 3.05) is 22.6 Å². The first-order valence-corrected chi connectivity index (χ1v) is 8.30. The van der Waals surface area contributed by atoms with E-state index in [1.807, 2.05) is 36.4 Å². The van der Waals surface area contributed by atoms with E-state index < -0.39 is 0 Å². The smallest absolute Gasteiger partial charge is 0.223 e. The number of thiocarbonyl (C=S) groups is 1. The van der Waals surface area contributed by atoms with Crippen LogP contribution >= 0.6 is 24.6 Å². The van der Waals surface area contributed by atoms with Crippen molar-refractivity contribution in [2.45, 2.75) is 26.7 Å². The maximum absolute atomic E-state index is 11.4. The number of carbonyl (C=O) groups excluding carboxylic acids is 1. The lowest BCUT2D eigenvalue weighted by Gasteiger charge is -2.16. The third kappa shape index (κ3) is 6.03. The Morgan fingerprint density at radius 1 is 0.960 bits per heavy atom. The fourth-order valence-corrected chi connectivity index (χ4v) is 2.43. The zero-order valence-electron chi connectivity index (χ0n) is 14.9. The van der Waals surface area contributed by atoms with Crippen molar-refractivity contribution in [2.24, 2.45) is 0 Å². The van der Waals surface area contributed by atoms with Gasteiger partial charge in [-0.25, -0.2) is 0 Å². The molecule has 2 rings (SSSR count). The van der Waals surface area contributed by atoms with E-state index in [4.69, 9.17) is 12.2 Å². The number of amides is 1. The summed E-state index contributed by atoms with van der Waals surface area (Å²) in [4.78, 5) is 12.9. The number of nitrogens with zero attached hydrogens (tertiary/aromatic N) is 1. The van der Waals surface area contributed by atoms with Crippen molar-refractivity contribution < 1.29 is 4.79 Å². The van der Waals surface area contributed by atoms with Crippen LogP contribution in [0.15, 0.2) is 48.5 Å². The Kier molecular flexibility index (Phi) is 7.87. The van der Waals surface area contributed by atoms with Gasteiger partial charge in [-0.1, -0.05) is 26.0 Å². The van der Waals surface area contributed by atoms with Gasteiger partial charge in [-0.3, -0.25) is 4.79 Å². The largest absolute Gasteiger partial charge is 0.332 e. The fourth-order valence-electron chi connectivity index (χ4n) is 2.19. The molecule has 0 saturated heterocycles. The normalized spacial score (nSPS) is 9.96. The van der Waals surface area contributed by atoms with E-state index in [0.29, 0.717) is 11.0 Å². The lowest BCUT2D eigenvalue weighted by atomic mass is 10.0. The molecule has 1 amide bonds. The SMILES string of the molecule is CC(=O)N(C)c1ccc(NC(=S)Nc2ccc(C(C)C)cc2)cc1.Cl. The number of hydrogen-bond acceptors (Lipinski definition) is 2. The van der Waals surface area contributed by atoms with E-state index in [9.17, 15) is 4.79 Å². The van der Waals surface area contributed by atoms with Crippen LogP contribution in [0.1, 0.15) is 32.3 Å². The molecule has 0 heterocycles. The highest BCUT2D eigenvalue weighted by atomic mass is 35.5. The van der Waals surface area contributed by atoms with Gasteiger partial charge in [-0.05, 0) is 60.1 Å². The molecule has 0 atom stereocenters. The topological polar surface area (TPSA) is 44.4 Å². The van der Waals surface area contributed by atoms with Crippen LogP contribution in [0.25, 0.3) is 0 Å². The first-order valence-electron chi connectivity index (χ1n) is 7.89. The minimum absolute atomic E-state index is 0. The highest BCUT2D eigenvalue weighted by molar-refractivity contribution is 7.80. The van der Waals surface area contributed by atoms with E-state index >= 15 is 0 Å². The number of nitrogens with one attached hydrogen (secondary N) is 2. The molecule has 0 unspecified atom stereocenters. The molecule has 0 radical (unpaired) electrons. The van der Waals surface area contributed by atoms with Gasteiger partial charge in [0, 0.05) is 31.0 Å². The standard InChI is InChI=1S/C19H23N3OS.ClH/c1-13(2)15-5-7-16(8-6-15)20-19(24)21-17-9-11-18(12-10-17)22(4)14(3)23;/h5-13H,1-4H3,(H2,20,21,24);1H. The summed E-state index contributed by atoms with van der Waals surface area (Å²) in [6, 6.07) is 15.8. The fraction of sp³-hybridized carbons (Fsp3) is 0.263. The molecule has 0 aromatic heterocycles. The minimum atomic E-state index is -0.00209. The zero-order chi connectivity index (χ0) is 17.7. The van der Waals surface area contributed by atoms with E-state index in [-0.39, 0.29) is 18.3 Å². The van der Waals surface area contributed by atoms with Crippen LogP contribution < -0.4 is 15.5 Å². The quantitative estimate of drug-likeness (QED) is 0.734. The summed E-state index contributed by atoms with van der Waals surface area (Å²) in [7, 11) is 1.75. The zero-order valence-corrected chi connectivity index (χ0v) is 16.5. The highest BCUT2D eigenvalue weighted by Gasteiger charge is 2.06. The predicted molar refractivity (Wildman–Crippen MR) is 113 cm³/mol. The summed E-state index contributed by atoms with van der Waals surface area (Å²) >= 11 is 5.34. The van der Waals surface area contributed by atoms with Gasteiger partial charge < -0.3 is 15.5 Å². The first kappa shape index (κ1) is 20.9. The van der Waals surface area contributed by atoms with Gasteiger partial charge in [0.15, 0.2) is 5.11 Å². The van der Waals surface area contributed by atoms with Crippen molar-refractivity contribution in [3.05, 3.63) is 54.1 Å². The Bertz CT molecular complexity index is 714. The van der Waals surface area contributed by atoms with Gasteiger partial charge in [-0.15, -0.1) is 12.4 Å². The Morgan fingerprint density at radius 3 is 1.80 bits per heavy atom. The predicted octanol–water partition coefficient (Wildman–Crippen LogP) is 5.02. The number of rotatable bonds is 4. The second-order valence-electron chi connectivity index (χ2n) is 5.98. The van der Waals surface area contributed by atoms with Crippen LogP contribution in [-0.4, -0.2) is 18.1 Å². The Hall–Kier alpha value is -2.11. The van der Waals surface area contributed by atoms with Crippen molar-refractivity contribution in [3.8, 4) is 0 Å². The molecule has 134 valence electrons. The summed E-state index contributed by atoms with van der Waals surface area (Å²) in [5, 5.41) is 6.84. The lowest BCUT2D eigenvalue weighted by Crippen LogP contribution is -2.23. The van der Waals surface area contributed by atoms with Gasteiger partial charge in [-0.2, -0.15) is 0 Å². The van der Waals surface area contributed by atoms with Gasteiger partial charge in [0.25, 0.3) is 0 Å². The van der Waals surface area contributed by atoms with Crippen LogP contribution in [0, 0.1) is 0 Å². The third-order valence-corrected chi connectivity index (χ3v) is 4.02. The van der Waals surface area contributed by atoms with Crippen molar-refractivity contribution >= 4 is 52.7 Å². The molecule has 0 bridgehead atoms. The van der Waals surface area contributed by atoms with E-state index in [0.717, 1.165) is 17.1 Å². The molecule has 25 heavy (non-hydrogen) atoms. The molecule has 0 aliphatic heterocycles. The molecular formula is C19H24ClN3OS. The lowest BCUT2D eigenvalue weighted by molar-refractivity contribution is -0.116. The first-order chi connectivity index (χ1) is 11.4. The number of benzene rings is 2. The summed E-state index contributed by atoms with van der Waals surface area (Å²) in [5.74, 6) is 0.508. The van der Waals surface area contributed by atoms with Gasteiger partial charge in [0.05, 0.1) is 0 Å². The maximum atomic E-state index is 11.4. The maximum Gasteiger partial charge on any atom is 0.223 e. The molecular weight excluding hydrogens is 354 g/mol. The number of carbonyl (C=O) groups is 1. The van der Waals surface area contributed by atoms with Gasteiger partial charge in [0.1, 0.15) is 0 Å². The molecule has 0 fully saturated rings. The molecule has 0 aliphatic rings. The molecule has 0 spiro atoms. The van der Waals surface area contributed by atoms with Gasteiger partial charge >= 0.3 is 0 Å². The highest BCUT2D eigenvalue weighted by Crippen LogP contribution is 2.19. The molecule has 4 nitrogen and oxygen atoms in total. The summed E-state index contributed by atoms with van der Waals surface area (Å²) in [6.07, 6.45) is 0. The Morgan fingerprint density at radius 2 is 1.40 bits per heavy atom. The summed E-state index contributed by atoms with van der Waals surface area (Å²) in [5.41, 5.74) is 3.96. The molecule has 2 aromatic carbocycles. The summed E-state index contributed by atoms with van der Waals surface area (Å²) < 4.78 is 0. The second kappa shape index (κ2) is 9.39. The second-order valence-corrected chi connectivity index (χ2v) is 6.39.